The zero-order valence-corrected chi connectivity index (χ0v) is 17.1. The summed E-state index contributed by atoms with van der Waals surface area (Å²) in [6.07, 6.45) is 5.39. The summed E-state index contributed by atoms with van der Waals surface area (Å²) in [6, 6.07) is 4.00. The molecule has 3 aromatic rings. The number of amides is 2. The normalized spacial score (nSPS) is 22.8. The number of urea groups is 1. The molecule has 10 nitrogen and oxygen atoms in total. The van der Waals surface area contributed by atoms with Gasteiger partial charge in [0, 0.05) is 55.5 Å². The number of hydrogen-bond donors (Lipinski definition) is 3. The average Bonchev–Trinajstić information content (AvgIpc) is 3.49. The van der Waals surface area contributed by atoms with Crippen LogP contribution in [0.2, 0.25) is 0 Å². The summed E-state index contributed by atoms with van der Waals surface area (Å²) < 4.78 is 3.66. The Morgan fingerprint density at radius 3 is 2.87 bits per heavy atom. The van der Waals surface area contributed by atoms with Crippen molar-refractivity contribution in [2.45, 2.75) is 18.9 Å². The van der Waals surface area contributed by atoms with E-state index < -0.39 is 0 Å². The summed E-state index contributed by atoms with van der Waals surface area (Å²) in [4.78, 5) is 27.7. The first-order chi connectivity index (χ1) is 14.5. The number of nitrogens with zero attached hydrogens (tertiary/aromatic N) is 6. The molecule has 1 saturated heterocycles. The molecule has 0 aromatic carbocycles. The number of aromatic amines is 1. The summed E-state index contributed by atoms with van der Waals surface area (Å²) >= 11 is 0.955. The molecule has 4 heterocycles. The fourth-order valence-electron chi connectivity index (χ4n) is 4.83. The Kier molecular flexibility index (Phi) is 4.43. The van der Waals surface area contributed by atoms with Crippen molar-refractivity contribution in [3.63, 3.8) is 0 Å². The minimum atomic E-state index is -0.330. The van der Waals surface area contributed by atoms with Crippen LogP contribution in [-0.2, 0) is 0 Å². The van der Waals surface area contributed by atoms with Crippen LogP contribution in [0.25, 0.3) is 11.0 Å². The highest BCUT2D eigenvalue weighted by Gasteiger charge is 2.44. The van der Waals surface area contributed by atoms with Crippen molar-refractivity contribution in [3.8, 4) is 12.1 Å². The lowest BCUT2D eigenvalue weighted by atomic mass is 10.0. The van der Waals surface area contributed by atoms with E-state index in [0.717, 1.165) is 41.1 Å². The summed E-state index contributed by atoms with van der Waals surface area (Å²) in [5.41, 5.74) is 2.27. The predicted molar refractivity (Wildman–Crippen MR) is 111 cm³/mol. The molecule has 2 fully saturated rings. The van der Waals surface area contributed by atoms with Gasteiger partial charge in [-0.05, 0) is 30.7 Å². The van der Waals surface area contributed by atoms with Gasteiger partial charge in [0.2, 0.25) is 5.13 Å². The van der Waals surface area contributed by atoms with E-state index in [2.05, 4.69) is 35.6 Å². The molecule has 30 heavy (non-hydrogen) atoms. The van der Waals surface area contributed by atoms with E-state index in [4.69, 9.17) is 0 Å². The third kappa shape index (κ3) is 3.09. The van der Waals surface area contributed by atoms with Gasteiger partial charge in [0.15, 0.2) is 0 Å². The van der Waals surface area contributed by atoms with Gasteiger partial charge in [-0.2, -0.15) is 10.2 Å². The Balaban J connectivity index is 1.28. The average molecular weight is 424 g/mol. The summed E-state index contributed by atoms with van der Waals surface area (Å²) in [5, 5.41) is 22.8. The van der Waals surface area contributed by atoms with E-state index in [-0.39, 0.29) is 12.0 Å². The van der Waals surface area contributed by atoms with Crippen molar-refractivity contribution < 1.29 is 9.90 Å². The Morgan fingerprint density at radius 1 is 1.43 bits per heavy atom. The molecule has 1 unspecified atom stereocenters. The highest BCUT2D eigenvalue weighted by molar-refractivity contribution is 7.10. The highest BCUT2D eigenvalue weighted by atomic mass is 32.1. The smallest absolute Gasteiger partial charge is 0.327 e. The molecule has 0 radical (unpaired) electrons. The maximum atomic E-state index is 12.5. The maximum Gasteiger partial charge on any atom is 0.327 e. The van der Waals surface area contributed by atoms with Gasteiger partial charge < -0.3 is 19.9 Å². The highest BCUT2D eigenvalue weighted by Crippen LogP contribution is 2.42. The second kappa shape index (κ2) is 7.14. The first-order valence-corrected chi connectivity index (χ1v) is 10.5. The number of carbonyl (C=O) groups excluding carboxylic acids is 1. The number of nitrogens with one attached hydrogen (secondary N) is 2. The first kappa shape index (κ1) is 18.6. The molecule has 2 amide bonds. The molecule has 1 saturated carbocycles. The number of fused-ring (bicyclic) bond motifs is 2. The van der Waals surface area contributed by atoms with Crippen molar-refractivity contribution in [1.82, 2.24) is 24.2 Å². The van der Waals surface area contributed by atoms with E-state index in [9.17, 15) is 15.2 Å². The van der Waals surface area contributed by atoms with Crippen LogP contribution in [0.3, 0.4) is 0 Å². The van der Waals surface area contributed by atoms with E-state index in [0.29, 0.717) is 41.7 Å². The molecule has 5 rings (SSSR count). The minimum Gasteiger partial charge on any atom is -0.478 e. The van der Waals surface area contributed by atoms with E-state index >= 15 is 0 Å². The van der Waals surface area contributed by atoms with Crippen molar-refractivity contribution >= 4 is 39.4 Å². The van der Waals surface area contributed by atoms with Crippen molar-refractivity contribution in [2.75, 3.05) is 30.4 Å². The van der Waals surface area contributed by atoms with Crippen LogP contribution >= 0.6 is 11.5 Å². The number of aromatic nitrogens is 4. The molecule has 154 valence electrons. The minimum absolute atomic E-state index is 0.208. The van der Waals surface area contributed by atoms with Gasteiger partial charge in [-0.1, -0.05) is 0 Å². The van der Waals surface area contributed by atoms with Gasteiger partial charge >= 0.3 is 12.0 Å². The number of nitriles is 1. The zero-order valence-electron chi connectivity index (χ0n) is 16.2. The molecular weight excluding hydrogens is 404 g/mol. The van der Waals surface area contributed by atoms with Crippen molar-refractivity contribution in [1.29, 1.82) is 5.26 Å². The predicted octanol–water partition coefficient (Wildman–Crippen LogP) is 2.37. The Bertz CT molecular complexity index is 1140. The Labute approximate surface area is 176 Å². The molecule has 0 bridgehead atoms. The summed E-state index contributed by atoms with van der Waals surface area (Å²) in [5.74, 6) is 0.834. The second-order valence-corrected chi connectivity index (χ2v) is 8.62. The molecular formula is C19H20N8O2S. The molecule has 2 aliphatic rings. The molecule has 11 heteroatoms. The number of likely N-dealkylation sites (tertiary alicyclic amines) is 1. The third-order valence-electron chi connectivity index (χ3n) is 6.22. The number of anilines is 2. The van der Waals surface area contributed by atoms with E-state index in [1.54, 1.807) is 6.20 Å². The third-order valence-corrected chi connectivity index (χ3v) is 6.84. The molecule has 3 N–H and O–H groups in total. The molecule has 0 spiro atoms. The number of hydrogen-bond acceptors (Lipinski definition) is 8. The number of rotatable bonds is 3. The quantitative estimate of drug-likeness (QED) is 0.587. The maximum absolute atomic E-state index is 12.5. The lowest BCUT2D eigenvalue weighted by Gasteiger charge is -2.29. The molecule has 1 aliphatic carbocycles. The van der Waals surface area contributed by atoms with Gasteiger partial charge in [-0.15, -0.1) is 4.37 Å². The Hall–Kier alpha value is -3.39. The van der Waals surface area contributed by atoms with Crippen molar-refractivity contribution in [3.05, 3.63) is 24.0 Å². The number of H-pyrrole nitrogens is 1. The molecule has 1 aliphatic heterocycles. The van der Waals surface area contributed by atoms with Gasteiger partial charge in [0.25, 0.3) is 0 Å². The van der Waals surface area contributed by atoms with E-state index in [1.165, 1.54) is 0 Å². The standard InChI is InChI=1S/C19H20N8O2S/c1-26(15-12(6-20)7-22-16-14(15)2-3-21-16)13-4-10-8-27(9-11(10)5-13)19(29)24-18-23-17(28)25-30-18/h2-3,7,10-11,13H,4-5,8-9H2,1H3,(H,21,22)(H2,23,24,25,28,29)/t10-,11?,13+/m1/s1. The SMILES string of the molecule is CN(c1c(C#N)cnc2[nH]ccc12)[C@@H]1CC2CN(C(=O)Nc3nc(O)ns3)C[C@H]2C1. The Morgan fingerprint density at radius 2 is 2.20 bits per heavy atom. The zero-order chi connectivity index (χ0) is 20.8. The van der Waals surface area contributed by atoms with Gasteiger partial charge in [0.05, 0.1) is 11.3 Å². The topological polar surface area (TPSA) is 134 Å². The van der Waals surface area contributed by atoms with Gasteiger partial charge in [-0.25, -0.2) is 9.78 Å². The lowest BCUT2D eigenvalue weighted by Crippen LogP contribution is -2.36. The van der Waals surface area contributed by atoms with Crippen LogP contribution in [0.4, 0.5) is 15.6 Å². The number of aromatic hydroxyl groups is 1. The second-order valence-electron chi connectivity index (χ2n) is 7.86. The number of pyridine rings is 1. The fourth-order valence-corrected chi connectivity index (χ4v) is 5.29. The lowest BCUT2D eigenvalue weighted by molar-refractivity contribution is 0.218. The van der Waals surface area contributed by atoms with Crippen LogP contribution in [0, 0.1) is 23.2 Å². The number of carbonyl (C=O) groups is 1. The van der Waals surface area contributed by atoms with Crippen LogP contribution in [0.5, 0.6) is 6.01 Å². The monoisotopic (exact) mass is 424 g/mol. The summed E-state index contributed by atoms with van der Waals surface area (Å²) in [7, 11) is 2.04. The van der Waals surface area contributed by atoms with Crippen LogP contribution < -0.4 is 10.2 Å². The van der Waals surface area contributed by atoms with Crippen LogP contribution in [0.1, 0.15) is 18.4 Å². The van der Waals surface area contributed by atoms with Gasteiger partial charge in [0.1, 0.15) is 11.7 Å². The summed E-state index contributed by atoms with van der Waals surface area (Å²) in [6.45, 7) is 1.37. The fraction of sp³-hybridized carbons (Fsp3) is 0.421. The molecule has 3 atom stereocenters. The van der Waals surface area contributed by atoms with Crippen LogP contribution in [-0.4, -0.2) is 61.5 Å². The first-order valence-electron chi connectivity index (χ1n) is 9.71. The molecule has 3 aromatic heterocycles. The van der Waals surface area contributed by atoms with E-state index in [1.807, 2.05) is 24.2 Å². The largest absolute Gasteiger partial charge is 0.478 e. The van der Waals surface area contributed by atoms with Crippen molar-refractivity contribution in [2.24, 2.45) is 11.8 Å². The van der Waals surface area contributed by atoms with Gasteiger partial charge in [-0.3, -0.25) is 5.32 Å². The van der Waals surface area contributed by atoms with Crippen LogP contribution in [0.15, 0.2) is 18.5 Å².